The summed E-state index contributed by atoms with van der Waals surface area (Å²) in [5.41, 5.74) is 2.05. The van der Waals surface area contributed by atoms with Crippen LogP contribution in [0.2, 0.25) is 0 Å². The van der Waals surface area contributed by atoms with Gasteiger partial charge in [-0.15, -0.1) is 22.7 Å². The molecule has 2 atom stereocenters. The lowest BCUT2D eigenvalue weighted by Crippen LogP contribution is -2.61. The van der Waals surface area contributed by atoms with Gasteiger partial charge in [-0.1, -0.05) is 0 Å². The molecule has 3 aliphatic heterocycles. The number of fused-ring (bicyclic) bond motifs is 4. The van der Waals surface area contributed by atoms with Gasteiger partial charge >= 0.3 is 0 Å². The molecular weight excluding hydrogens is 434 g/mol. The van der Waals surface area contributed by atoms with Gasteiger partial charge in [0.2, 0.25) is 0 Å². The number of piperidine rings is 2. The van der Waals surface area contributed by atoms with Crippen molar-refractivity contribution >= 4 is 66.4 Å². The van der Waals surface area contributed by atoms with Crippen LogP contribution in [-0.2, 0) is 0 Å². The standard InChI is InChI=1S/C17H16BrN5OS2/c18-12-7-25-8-13(12)21-16(24)11-6-26-17-15(11)22-14(4-20-17)23-5-9-1-2-10(23)3-19-9/h4,6-10,19H,1-3,5H2,(H,21,24)/t9-,10-/m1/s1. The largest absolute Gasteiger partial charge is 0.349 e. The highest BCUT2D eigenvalue weighted by Crippen LogP contribution is 2.31. The fourth-order valence-electron chi connectivity index (χ4n) is 3.65. The summed E-state index contributed by atoms with van der Waals surface area (Å²) in [6, 6.07) is 0.989. The molecule has 3 aromatic rings. The summed E-state index contributed by atoms with van der Waals surface area (Å²) in [6.45, 7) is 1.95. The molecule has 0 aromatic carbocycles. The van der Waals surface area contributed by atoms with Crippen LogP contribution in [0.25, 0.3) is 10.3 Å². The van der Waals surface area contributed by atoms with E-state index in [0.717, 1.165) is 33.9 Å². The molecular formula is C17H16BrN5OS2. The molecule has 3 fully saturated rings. The Morgan fingerprint density at radius 1 is 1.35 bits per heavy atom. The van der Waals surface area contributed by atoms with Gasteiger partial charge in [-0.25, -0.2) is 9.97 Å². The molecule has 134 valence electrons. The highest BCUT2D eigenvalue weighted by atomic mass is 79.9. The van der Waals surface area contributed by atoms with Crippen molar-refractivity contribution in [1.82, 2.24) is 15.3 Å². The summed E-state index contributed by atoms with van der Waals surface area (Å²) in [5, 5.41) is 12.2. The number of anilines is 2. The maximum absolute atomic E-state index is 12.7. The molecule has 26 heavy (non-hydrogen) atoms. The Kier molecular flexibility index (Phi) is 4.19. The molecule has 3 aliphatic rings. The van der Waals surface area contributed by atoms with Crippen LogP contribution in [0.4, 0.5) is 11.5 Å². The van der Waals surface area contributed by atoms with Crippen LogP contribution in [0.1, 0.15) is 23.2 Å². The highest BCUT2D eigenvalue weighted by Gasteiger charge is 2.34. The maximum Gasteiger partial charge on any atom is 0.258 e. The number of nitrogens with zero attached hydrogens (tertiary/aromatic N) is 3. The SMILES string of the molecule is O=C(Nc1cscc1Br)c1csc2ncc(N3C[C@H]4CC[C@@H]3CN4)nc12. The Morgan fingerprint density at radius 2 is 2.27 bits per heavy atom. The van der Waals surface area contributed by atoms with Crippen molar-refractivity contribution in [3.63, 3.8) is 0 Å². The molecule has 2 N–H and O–H groups in total. The van der Waals surface area contributed by atoms with E-state index < -0.39 is 0 Å². The summed E-state index contributed by atoms with van der Waals surface area (Å²) < 4.78 is 0.888. The minimum Gasteiger partial charge on any atom is -0.349 e. The second-order valence-electron chi connectivity index (χ2n) is 6.61. The first kappa shape index (κ1) is 16.6. The van der Waals surface area contributed by atoms with Crippen LogP contribution in [0.3, 0.4) is 0 Å². The predicted molar refractivity (Wildman–Crippen MR) is 110 cm³/mol. The molecule has 0 unspecified atom stereocenters. The Balaban J connectivity index is 1.47. The number of halogens is 1. The lowest BCUT2D eigenvalue weighted by molar-refractivity contribution is 0.102. The molecule has 9 heteroatoms. The number of hydrogen-bond acceptors (Lipinski definition) is 7. The number of carbonyl (C=O) groups excluding carboxylic acids is 1. The number of nitrogens with one attached hydrogen (secondary N) is 2. The van der Waals surface area contributed by atoms with Gasteiger partial charge in [-0.3, -0.25) is 4.79 Å². The van der Waals surface area contributed by atoms with Gasteiger partial charge in [0.05, 0.1) is 21.9 Å². The second kappa shape index (κ2) is 6.56. The van der Waals surface area contributed by atoms with Gasteiger partial charge in [-0.2, -0.15) is 0 Å². The molecule has 0 aliphatic carbocycles. The summed E-state index contributed by atoms with van der Waals surface area (Å²) in [5.74, 6) is 0.724. The third-order valence-electron chi connectivity index (χ3n) is 5.02. The van der Waals surface area contributed by atoms with Crippen LogP contribution in [-0.4, -0.2) is 41.0 Å². The van der Waals surface area contributed by atoms with Crippen LogP contribution < -0.4 is 15.5 Å². The minimum atomic E-state index is -0.149. The Hall–Kier alpha value is -1.55. The van der Waals surface area contributed by atoms with Gasteiger partial charge in [0.1, 0.15) is 16.2 Å². The van der Waals surface area contributed by atoms with Crippen LogP contribution in [0.5, 0.6) is 0 Å². The van der Waals surface area contributed by atoms with E-state index in [-0.39, 0.29) is 5.91 Å². The second-order valence-corrected chi connectivity index (χ2v) is 9.06. The predicted octanol–water partition coefficient (Wildman–Crippen LogP) is 3.71. The molecule has 6 rings (SSSR count). The van der Waals surface area contributed by atoms with E-state index in [0.29, 0.717) is 23.2 Å². The van der Waals surface area contributed by atoms with E-state index in [1.807, 2.05) is 22.3 Å². The molecule has 0 radical (unpaired) electrons. The lowest BCUT2D eigenvalue weighted by atomic mass is 9.93. The van der Waals surface area contributed by atoms with Crippen molar-refractivity contribution in [2.75, 3.05) is 23.3 Å². The van der Waals surface area contributed by atoms with Gasteiger partial charge in [0.25, 0.3) is 5.91 Å². The van der Waals surface area contributed by atoms with E-state index >= 15 is 0 Å². The molecule has 2 bridgehead atoms. The number of piperazine rings is 1. The molecule has 0 spiro atoms. The van der Waals surface area contributed by atoms with Gasteiger partial charge < -0.3 is 15.5 Å². The van der Waals surface area contributed by atoms with Crippen LogP contribution in [0.15, 0.2) is 26.8 Å². The first-order chi connectivity index (χ1) is 12.7. The zero-order valence-corrected chi connectivity index (χ0v) is 17.0. The molecule has 1 amide bonds. The number of carbonyl (C=O) groups is 1. The topological polar surface area (TPSA) is 70.2 Å². The Labute approximate surface area is 166 Å². The molecule has 0 saturated carbocycles. The first-order valence-corrected chi connectivity index (χ1v) is 11.1. The van der Waals surface area contributed by atoms with Gasteiger partial charge in [0.15, 0.2) is 0 Å². The third kappa shape index (κ3) is 2.83. The van der Waals surface area contributed by atoms with E-state index in [2.05, 4.69) is 36.4 Å². The zero-order chi connectivity index (χ0) is 17.7. The van der Waals surface area contributed by atoms with Crippen molar-refractivity contribution < 1.29 is 4.79 Å². The first-order valence-electron chi connectivity index (χ1n) is 8.46. The van der Waals surface area contributed by atoms with Crippen molar-refractivity contribution in [3.05, 3.63) is 32.4 Å². The Morgan fingerprint density at radius 3 is 2.96 bits per heavy atom. The number of aromatic nitrogens is 2. The summed E-state index contributed by atoms with van der Waals surface area (Å²) >= 11 is 6.44. The van der Waals surface area contributed by atoms with Gasteiger partial charge in [-0.05, 0) is 28.8 Å². The smallest absolute Gasteiger partial charge is 0.258 e. The van der Waals surface area contributed by atoms with Crippen molar-refractivity contribution in [2.24, 2.45) is 0 Å². The van der Waals surface area contributed by atoms with E-state index in [1.54, 1.807) is 0 Å². The summed E-state index contributed by atoms with van der Waals surface area (Å²) in [4.78, 5) is 25.3. The number of hydrogen-bond donors (Lipinski definition) is 2. The van der Waals surface area contributed by atoms with E-state index in [9.17, 15) is 4.79 Å². The number of rotatable bonds is 3. The van der Waals surface area contributed by atoms with Crippen molar-refractivity contribution in [2.45, 2.75) is 24.9 Å². The Bertz CT molecular complexity index is 979. The molecule has 3 saturated heterocycles. The summed E-state index contributed by atoms with van der Waals surface area (Å²) in [6.07, 6.45) is 4.25. The van der Waals surface area contributed by atoms with Gasteiger partial charge in [0, 0.05) is 41.3 Å². The number of thiophene rings is 2. The fraction of sp³-hybridized carbons (Fsp3) is 0.353. The average molecular weight is 450 g/mol. The zero-order valence-electron chi connectivity index (χ0n) is 13.7. The van der Waals surface area contributed by atoms with Crippen molar-refractivity contribution in [1.29, 1.82) is 0 Å². The highest BCUT2D eigenvalue weighted by molar-refractivity contribution is 9.10. The normalized spacial score (nSPS) is 22.1. The van der Waals surface area contributed by atoms with E-state index in [4.69, 9.17) is 4.98 Å². The quantitative estimate of drug-likeness (QED) is 0.637. The lowest BCUT2D eigenvalue weighted by Gasteiger charge is -2.46. The molecule has 3 aromatic heterocycles. The number of amides is 1. The molecule has 6 nitrogen and oxygen atoms in total. The van der Waals surface area contributed by atoms with Crippen LogP contribution in [0, 0.1) is 0 Å². The fourth-order valence-corrected chi connectivity index (χ4v) is 5.80. The maximum atomic E-state index is 12.7. The minimum absolute atomic E-state index is 0.149. The van der Waals surface area contributed by atoms with E-state index in [1.165, 1.54) is 35.5 Å². The average Bonchev–Trinajstić information content (AvgIpc) is 3.28. The summed E-state index contributed by atoms with van der Waals surface area (Å²) in [7, 11) is 0. The third-order valence-corrected chi connectivity index (χ3v) is 7.60. The molecule has 6 heterocycles. The van der Waals surface area contributed by atoms with Crippen LogP contribution >= 0.6 is 38.6 Å². The van der Waals surface area contributed by atoms with Crippen molar-refractivity contribution in [3.8, 4) is 0 Å². The monoisotopic (exact) mass is 449 g/mol.